The molecule has 1 aliphatic heterocycles. The number of benzene rings is 1. The van der Waals surface area contributed by atoms with Gasteiger partial charge in [-0.3, -0.25) is 9.79 Å². The smallest absolute Gasteiger partial charge is 0.302 e. The Morgan fingerprint density at radius 3 is 2.68 bits per heavy atom. The van der Waals surface area contributed by atoms with E-state index in [2.05, 4.69) is 47.3 Å². The molecule has 0 aromatic heterocycles. The van der Waals surface area contributed by atoms with Crippen LogP contribution in [-0.4, -0.2) is 24.8 Å². The fourth-order valence-corrected chi connectivity index (χ4v) is 3.59. The molecule has 154 valence electrons. The summed E-state index contributed by atoms with van der Waals surface area (Å²) in [5.41, 5.74) is 3.54. The van der Waals surface area contributed by atoms with Crippen LogP contribution in [0, 0.1) is 0 Å². The van der Waals surface area contributed by atoms with Crippen molar-refractivity contribution in [1.29, 1.82) is 0 Å². The third kappa shape index (κ3) is 8.28. The highest BCUT2D eigenvalue weighted by atomic mass is 16.5. The standard InChI is InChI=1S/C24H36N2O2/c1-4-5-6-7-8-9-10-12-22-13-11-14-24(18-22)26-16-15-25-23(19-26)17-20(2)28-21(3)27/h11,13-15,18-20H,4-10,12,16-17H2,1-3H3. The van der Waals surface area contributed by atoms with Crippen LogP contribution in [0.1, 0.15) is 77.7 Å². The minimum Gasteiger partial charge on any atom is -0.462 e. The van der Waals surface area contributed by atoms with Crippen LogP contribution < -0.4 is 4.90 Å². The summed E-state index contributed by atoms with van der Waals surface area (Å²) in [4.78, 5) is 17.8. The summed E-state index contributed by atoms with van der Waals surface area (Å²) >= 11 is 0. The number of carbonyl (C=O) groups excluding carboxylic acids is 1. The van der Waals surface area contributed by atoms with E-state index >= 15 is 0 Å². The van der Waals surface area contributed by atoms with Crippen LogP contribution in [0.25, 0.3) is 0 Å². The molecule has 28 heavy (non-hydrogen) atoms. The molecule has 0 amide bonds. The van der Waals surface area contributed by atoms with E-state index in [0.717, 1.165) is 18.7 Å². The van der Waals surface area contributed by atoms with Gasteiger partial charge in [0.25, 0.3) is 0 Å². The summed E-state index contributed by atoms with van der Waals surface area (Å²) in [6.07, 6.45) is 15.0. The average molecular weight is 385 g/mol. The van der Waals surface area contributed by atoms with Crippen LogP contribution in [0.3, 0.4) is 0 Å². The molecule has 4 nitrogen and oxygen atoms in total. The van der Waals surface area contributed by atoms with E-state index in [4.69, 9.17) is 4.74 Å². The third-order valence-corrected chi connectivity index (χ3v) is 5.02. The second-order valence-electron chi connectivity index (χ2n) is 7.75. The highest BCUT2D eigenvalue weighted by molar-refractivity contribution is 5.71. The fourth-order valence-electron chi connectivity index (χ4n) is 3.59. The number of hydrogen-bond donors (Lipinski definition) is 0. The summed E-state index contributed by atoms with van der Waals surface area (Å²) < 4.78 is 5.23. The lowest BCUT2D eigenvalue weighted by Crippen LogP contribution is -2.23. The van der Waals surface area contributed by atoms with Gasteiger partial charge in [0.2, 0.25) is 0 Å². The molecule has 0 fully saturated rings. The van der Waals surface area contributed by atoms with Crippen molar-refractivity contribution in [2.24, 2.45) is 4.99 Å². The predicted octanol–water partition coefficient (Wildman–Crippen LogP) is 6.05. The van der Waals surface area contributed by atoms with Crippen molar-refractivity contribution >= 4 is 17.9 Å². The van der Waals surface area contributed by atoms with Gasteiger partial charge in [0.05, 0.1) is 12.2 Å². The molecule has 2 rings (SSSR count). The number of unbranched alkanes of at least 4 members (excludes halogenated alkanes) is 6. The minimum atomic E-state index is -0.247. The van der Waals surface area contributed by atoms with E-state index in [1.807, 2.05) is 13.1 Å². The molecule has 0 radical (unpaired) electrons. The van der Waals surface area contributed by atoms with Crippen LogP contribution in [0.5, 0.6) is 0 Å². The Labute approximate surface area is 170 Å². The molecule has 4 heteroatoms. The Bertz CT molecular complexity index is 666. The largest absolute Gasteiger partial charge is 0.462 e. The summed E-state index contributed by atoms with van der Waals surface area (Å²) in [6, 6.07) is 8.82. The molecule has 1 atom stereocenters. The Balaban J connectivity index is 1.85. The van der Waals surface area contributed by atoms with Crippen LogP contribution in [0.2, 0.25) is 0 Å². The number of aliphatic imine (C=N–C) groups is 1. The molecule has 0 bridgehead atoms. The van der Waals surface area contributed by atoms with E-state index in [1.165, 1.54) is 63.1 Å². The summed E-state index contributed by atoms with van der Waals surface area (Å²) in [5.74, 6) is -0.247. The number of ether oxygens (including phenoxy) is 1. The zero-order valence-corrected chi connectivity index (χ0v) is 17.8. The van der Waals surface area contributed by atoms with Gasteiger partial charge in [-0.25, -0.2) is 0 Å². The van der Waals surface area contributed by atoms with Crippen molar-refractivity contribution in [1.82, 2.24) is 0 Å². The lowest BCUT2D eigenvalue weighted by molar-refractivity contribution is -0.145. The zero-order valence-electron chi connectivity index (χ0n) is 17.8. The number of esters is 1. The second-order valence-corrected chi connectivity index (χ2v) is 7.75. The molecule has 1 aromatic carbocycles. The number of nitrogens with zero attached hydrogens (tertiary/aromatic N) is 2. The van der Waals surface area contributed by atoms with Gasteiger partial charge < -0.3 is 9.64 Å². The molecule has 0 aliphatic carbocycles. The van der Waals surface area contributed by atoms with Crippen molar-refractivity contribution < 1.29 is 9.53 Å². The molecule has 0 saturated carbocycles. The van der Waals surface area contributed by atoms with E-state index in [-0.39, 0.29) is 12.1 Å². The van der Waals surface area contributed by atoms with Gasteiger partial charge in [0, 0.05) is 31.4 Å². The van der Waals surface area contributed by atoms with Gasteiger partial charge in [0.15, 0.2) is 0 Å². The number of rotatable bonds is 12. The molecular formula is C24H36N2O2. The molecule has 0 saturated heterocycles. The van der Waals surface area contributed by atoms with Crippen LogP contribution in [0.4, 0.5) is 5.69 Å². The summed E-state index contributed by atoms with van der Waals surface area (Å²) in [6.45, 7) is 6.38. The summed E-state index contributed by atoms with van der Waals surface area (Å²) in [7, 11) is 0. The van der Waals surface area contributed by atoms with Crippen molar-refractivity contribution in [2.45, 2.75) is 84.7 Å². The predicted molar refractivity (Wildman–Crippen MR) is 118 cm³/mol. The average Bonchev–Trinajstić information content (AvgIpc) is 2.67. The van der Waals surface area contributed by atoms with Crippen molar-refractivity contribution in [2.75, 3.05) is 11.4 Å². The Hall–Kier alpha value is -2.10. The first-order valence-corrected chi connectivity index (χ1v) is 10.8. The highest BCUT2D eigenvalue weighted by Gasteiger charge is 2.13. The van der Waals surface area contributed by atoms with Crippen molar-refractivity contribution in [3.8, 4) is 0 Å². The Kier molecular flexibility index (Phi) is 9.81. The van der Waals surface area contributed by atoms with E-state index < -0.39 is 0 Å². The van der Waals surface area contributed by atoms with Gasteiger partial charge >= 0.3 is 5.97 Å². The first-order valence-electron chi connectivity index (χ1n) is 10.8. The molecule has 0 N–H and O–H groups in total. The number of carbonyl (C=O) groups is 1. The van der Waals surface area contributed by atoms with E-state index in [9.17, 15) is 4.79 Å². The van der Waals surface area contributed by atoms with Gasteiger partial charge in [0.1, 0.15) is 6.10 Å². The van der Waals surface area contributed by atoms with Gasteiger partial charge in [-0.05, 0) is 37.5 Å². The molecule has 1 aliphatic rings. The topological polar surface area (TPSA) is 41.9 Å². The van der Waals surface area contributed by atoms with Crippen molar-refractivity contribution in [3.63, 3.8) is 0 Å². The molecule has 1 heterocycles. The molecule has 1 unspecified atom stereocenters. The SMILES string of the molecule is CCCCCCCCCc1cccc(N2C=C(CC(C)OC(C)=O)N=CC2)c1. The molecule has 1 aromatic rings. The normalized spacial score (nSPS) is 14.7. The minimum absolute atomic E-state index is 0.162. The molecular weight excluding hydrogens is 348 g/mol. The lowest BCUT2D eigenvalue weighted by Gasteiger charge is -2.24. The van der Waals surface area contributed by atoms with Gasteiger partial charge in [-0.2, -0.15) is 0 Å². The monoisotopic (exact) mass is 384 g/mol. The Morgan fingerprint density at radius 1 is 1.18 bits per heavy atom. The number of hydrogen-bond acceptors (Lipinski definition) is 4. The third-order valence-electron chi connectivity index (χ3n) is 5.02. The van der Waals surface area contributed by atoms with Gasteiger partial charge in [-0.1, -0.05) is 57.6 Å². The zero-order chi connectivity index (χ0) is 20.2. The van der Waals surface area contributed by atoms with Crippen molar-refractivity contribution in [3.05, 3.63) is 41.7 Å². The first kappa shape index (κ1) is 22.2. The number of aryl methyl sites for hydroxylation is 1. The quantitative estimate of drug-likeness (QED) is 0.325. The lowest BCUT2D eigenvalue weighted by atomic mass is 10.0. The second kappa shape index (κ2) is 12.4. The van der Waals surface area contributed by atoms with Crippen LogP contribution in [-0.2, 0) is 16.0 Å². The Morgan fingerprint density at radius 2 is 1.93 bits per heavy atom. The van der Waals surface area contributed by atoms with Crippen LogP contribution >= 0.6 is 0 Å². The maximum Gasteiger partial charge on any atom is 0.302 e. The highest BCUT2D eigenvalue weighted by Crippen LogP contribution is 2.22. The fraction of sp³-hybridized carbons (Fsp3) is 0.583. The number of anilines is 1. The molecule has 0 spiro atoms. The van der Waals surface area contributed by atoms with E-state index in [0.29, 0.717) is 6.42 Å². The van der Waals surface area contributed by atoms with E-state index in [1.54, 1.807) is 0 Å². The summed E-state index contributed by atoms with van der Waals surface area (Å²) in [5, 5.41) is 0. The first-order chi connectivity index (χ1) is 13.6. The van der Waals surface area contributed by atoms with Gasteiger partial charge in [-0.15, -0.1) is 0 Å². The maximum absolute atomic E-state index is 11.1. The maximum atomic E-state index is 11.1. The van der Waals surface area contributed by atoms with Crippen LogP contribution in [0.15, 0.2) is 41.2 Å².